The summed E-state index contributed by atoms with van der Waals surface area (Å²) >= 11 is 12.0. The summed E-state index contributed by atoms with van der Waals surface area (Å²) in [7, 11) is 1.46. The van der Waals surface area contributed by atoms with Crippen LogP contribution in [0.2, 0.25) is 10.0 Å². The molecule has 0 spiro atoms. The lowest BCUT2D eigenvalue weighted by atomic mass is 10.1. The molecule has 6 heteroatoms. The quantitative estimate of drug-likeness (QED) is 0.885. The van der Waals surface area contributed by atoms with Crippen LogP contribution in [-0.2, 0) is 6.54 Å². The third-order valence-corrected chi connectivity index (χ3v) is 3.44. The van der Waals surface area contributed by atoms with Crippen LogP contribution in [0.3, 0.4) is 0 Å². The molecule has 0 aliphatic heterocycles. The number of benzene rings is 2. The molecule has 0 aliphatic rings. The highest BCUT2D eigenvalue weighted by Gasteiger charge is 2.10. The van der Waals surface area contributed by atoms with Crippen LogP contribution in [0.1, 0.15) is 11.1 Å². The fourth-order valence-corrected chi connectivity index (χ4v) is 2.32. The molecule has 2 aromatic rings. The number of halogens is 2. The van der Waals surface area contributed by atoms with Gasteiger partial charge in [0, 0.05) is 23.2 Å². The number of phenolic OH excluding ortho intramolecular Hbond substituents is 1. The summed E-state index contributed by atoms with van der Waals surface area (Å²) < 4.78 is 5.05. The number of aromatic hydroxyl groups is 1. The van der Waals surface area contributed by atoms with Crippen LogP contribution in [0.25, 0.3) is 0 Å². The molecule has 0 fully saturated rings. The van der Waals surface area contributed by atoms with E-state index in [9.17, 15) is 5.11 Å². The lowest BCUT2D eigenvalue weighted by Crippen LogP contribution is -2.01. The highest BCUT2D eigenvalue weighted by molar-refractivity contribution is 6.33. The minimum Gasteiger partial charge on any atom is -0.504 e. The van der Waals surface area contributed by atoms with Crippen molar-refractivity contribution in [2.75, 3.05) is 12.4 Å². The lowest BCUT2D eigenvalue weighted by Gasteiger charge is -2.12. The van der Waals surface area contributed by atoms with Crippen LogP contribution in [0, 0.1) is 11.3 Å². The molecular weight excluding hydrogens is 311 g/mol. The van der Waals surface area contributed by atoms with Gasteiger partial charge < -0.3 is 15.2 Å². The summed E-state index contributed by atoms with van der Waals surface area (Å²) in [6, 6.07) is 10.1. The number of ether oxygens (including phenoxy) is 1. The fraction of sp³-hybridized carbons (Fsp3) is 0.133. The SMILES string of the molecule is COc1cc(Cl)cc(CNc2ccc(C#N)cc2Cl)c1O. The molecule has 0 atom stereocenters. The molecule has 108 valence electrons. The Morgan fingerprint density at radius 1 is 1.29 bits per heavy atom. The molecule has 21 heavy (non-hydrogen) atoms. The Balaban J connectivity index is 2.21. The normalized spacial score (nSPS) is 10.0. The van der Waals surface area contributed by atoms with E-state index < -0.39 is 0 Å². The summed E-state index contributed by atoms with van der Waals surface area (Å²) in [6.07, 6.45) is 0. The number of nitrogens with one attached hydrogen (secondary N) is 1. The van der Waals surface area contributed by atoms with Crippen LogP contribution in [0.5, 0.6) is 11.5 Å². The number of hydrogen-bond donors (Lipinski definition) is 2. The highest BCUT2D eigenvalue weighted by atomic mass is 35.5. The summed E-state index contributed by atoms with van der Waals surface area (Å²) in [5, 5.41) is 22.8. The first kappa shape index (κ1) is 15.3. The van der Waals surface area contributed by atoms with Crippen molar-refractivity contribution >= 4 is 28.9 Å². The van der Waals surface area contributed by atoms with Gasteiger partial charge in [-0.1, -0.05) is 23.2 Å². The van der Waals surface area contributed by atoms with Gasteiger partial charge in [0.05, 0.1) is 29.5 Å². The number of methoxy groups -OCH3 is 1. The topological polar surface area (TPSA) is 65.3 Å². The van der Waals surface area contributed by atoms with E-state index in [1.54, 1.807) is 24.3 Å². The molecule has 4 nitrogen and oxygen atoms in total. The van der Waals surface area contributed by atoms with E-state index >= 15 is 0 Å². The standard InChI is InChI=1S/C15H12Cl2N2O2/c1-21-14-6-11(16)5-10(15(14)20)8-19-13-3-2-9(7-18)4-12(13)17/h2-6,19-20H,8H2,1H3. The molecule has 0 amide bonds. The van der Waals surface area contributed by atoms with Gasteiger partial charge in [-0.3, -0.25) is 0 Å². The Morgan fingerprint density at radius 3 is 2.67 bits per heavy atom. The zero-order valence-electron chi connectivity index (χ0n) is 11.2. The zero-order valence-corrected chi connectivity index (χ0v) is 12.7. The second kappa shape index (κ2) is 6.57. The fourth-order valence-electron chi connectivity index (χ4n) is 1.84. The van der Waals surface area contributed by atoms with Gasteiger partial charge in [-0.25, -0.2) is 0 Å². The summed E-state index contributed by atoms with van der Waals surface area (Å²) in [5.41, 5.74) is 1.73. The van der Waals surface area contributed by atoms with Crippen molar-refractivity contribution in [2.45, 2.75) is 6.54 Å². The average molecular weight is 323 g/mol. The predicted molar refractivity (Wildman–Crippen MR) is 83.2 cm³/mol. The number of phenols is 1. The number of rotatable bonds is 4. The minimum atomic E-state index is 0.0270. The number of nitriles is 1. The molecule has 0 saturated carbocycles. The van der Waals surface area contributed by atoms with E-state index in [0.717, 1.165) is 0 Å². The minimum absolute atomic E-state index is 0.0270. The van der Waals surface area contributed by atoms with E-state index in [0.29, 0.717) is 39.2 Å². The molecule has 2 aromatic carbocycles. The van der Waals surface area contributed by atoms with Crippen molar-refractivity contribution in [3.05, 3.63) is 51.5 Å². The van der Waals surface area contributed by atoms with Crippen LogP contribution in [0.15, 0.2) is 30.3 Å². The van der Waals surface area contributed by atoms with Gasteiger partial charge in [-0.15, -0.1) is 0 Å². The van der Waals surface area contributed by atoms with E-state index in [-0.39, 0.29) is 5.75 Å². The molecule has 2 N–H and O–H groups in total. The predicted octanol–water partition coefficient (Wildman–Crippen LogP) is 4.19. The summed E-state index contributed by atoms with van der Waals surface area (Å²) in [6.45, 7) is 0.314. The van der Waals surface area contributed by atoms with Gasteiger partial charge in [-0.2, -0.15) is 5.26 Å². The van der Waals surface area contributed by atoms with Crippen molar-refractivity contribution in [1.29, 1.82) is 5.26 Å². The molecule has 0 aliphatic carbocycles. The Labute approximate surface area is 132 Å². The van der Waals surface area contributed by atoms with E-state index in [2.05, 4.69) is 5.32 Å². The van der Waals surface area contributed by atoms with Crippen molar-refractivity contribution < 1.29 is 9.84 Å². The van der Waals surface area contributed by atoms with Crippen molar-refractivity contribution in [1.82, 2.24) is 0 Å². The first-order chi connectivity index (χ1) is 10.0. The second-order valence-electron chi connectivity index (χ2n) is 4.28. The average Bonchev–Trinajstić information content (AvgIpc) is 2.48. The first-order valence-electron chi connectivity index (χ1n) is 6.04. The monoisotopic (exact) mass is 322 g/mol. The molecule has 0 saturated heterocycles. The van der Waals surface area contributed by atoms with E-state index in [1.807, 2.05) is 6.07 Å². The maximum Gasteiger partial charge on any atom is 0.162 e. The number of anilines is 1. The molecule has 0 heterocycles. The van der Waals surface area contributed by atoms with Crippen molar-refractivity contribution in [3.8, 4) is 17.6 Å². The lowest BCUT2D eigenvalue weighted by molar-refractivity contribution is 0.371. The van der Waals surface area contributed by atoms with Gasteiger partial charge in [0.15, 0.2) is 11.5 Å². The Kier molecular flexibility index (Phi) is 4.79. The summed E-state index contributed by atoms with van der Waals surface area (Å²) in [5.74, 6) is 0.337. The third-order valence-electron chi connectivity index (χ3n) is 2.91. The van der Waals surface area contributed by atoms with Gasteiger partial charge >= 0.3 is 0 Å². The highest BCUT2D eigenvalue weighted by Crippen LogP contribution is 2.34. The molecular formula is C15H12Cl2N2O2. The summed E-state index contributed by atoms with van der Waals surface area (Å²) in [4.78, 5) is 0. The maximum absolute atomic E-state index is 10.0. The molecule has 2 rings (SSSR count). The Morgan fingerprint density at radius 2 is 2.05 bits per heavy atom. The molecule has 0 aromatic heterocycles. The zero-order chi connectivity index (χ0) is 15.4. The van der Waals surface area contributed by atoms with Crippen LogP contribution < -0.4 is 10.1 Å². The Hall–Kier alpha value is -2.09. The van der Waals surface area contributed by atoms with Crippen LogP contribution >= 0.6 is 23.2 Å². The molecule has 0 unspecified atom stereocenters. The van der Waals surface area contributed by atoms with Crippen LogP contribution in [0.4, 0.5) is 5.69 Å². The van der Waals surface area contributed by atoms with Crippen molar-refractivity contribution in [2.24, 2.45) is 0 Å². The second-order valence-corrected chi connectivity index (χ2v) is 5.12. The van der Waals surface area contributed by atoms with E-state index in [4.69, 9.17) is 33.2 Å². The van der Waals surface area contributed by atoms with Gasteiger partial charge in [-0.05, 0) is 24.3 Å². The van der Waals surface area contributed by atoms with Gasteiger partial charge in [0.2, 0.25) is 0 Å². The smallest absolute Gasteiger partial charge is 0.162 e. The Bertz CT molecular complexity index is 712. The van der Waals surface area contributed by atoms with Gasteiger partial charge in [0.1, 0.15) is 0 Å². The molecule has 0 radical (unpaired) electrons. The van der Waals surface area contributed by atoms with Gasteiger partial charge in [0.25, 0.3) is 0 Å². The largest absolute Gasteiger partial charge is 0.504 e. The first-order valence-corrected chi connectivity index (χ1v) is 6.79. The van der Waals surface area contributed by atoms with E-state index in [1.165, 1.54) is 13.2 Å². The third kappa shape index (κ3) is 3.52. The molecule has 0 bridgehead atoms. The maximum atomic E-state index is 10.0. The number of hydrogen-bond acceptors (Lipinski definition) is 4. The number of nitrogens with zero attached hydrogens (tertiary/aromatic N) is 1. The van der Waals surface area contributed by atoms with Crippen LogP contribution in [-0.4, -0.2) is 12.2 Å². The van der Waals surface area contributed by atoms with Crippen molar-refractivity contribution in [3.63, 3.8) is 0 Å².